The monoisotopic (exact) mass is 651 g/mol. The molecule has 0 atom stereocenters. The minimum Gasteiger partial charge on any atom is -0.309 e. The molecule has 0 aliphatic carbocycles. The lowest BCUT2D eigenvalue weighted by Crippen LogP contribution is -1.97. The van der Waals surface area contributed by atoms with Gasteiger partial charge in [-0.1, -0.05) is 165 Å². The molecule has 0 saturated heterocycles. The van der Waals surface area contributed by atoms with Gasteiger partial charge in [-0.3, -0.25) is 0 Å². The SMILES string of the molecule is CCCCc1cc2c(c3ccccc13)c1ccc3ccccc3c1n2-c1ccc(-c2c3ccccc3c(-c3ccccc3)c3ccccc23)cc1. The highest BCUT2D eigenvalue weighted by Crippen LogP contribution is 2.45. The molecule has 0 spiro atoms. The lowest BCUT2D eigenvalue weighted by atomic mass is 9.86. The molecule has 0 aliphatic rings. The van der Waals surface area contributed by atoms with Crippen molar-refractivity contribution in [3.8, 4) is 27.9 Å². The maximum Gasteiger partial charge on any atom is 0.0619 e. The van der Waals surface area contributed by atoms with Gasteiger partial charge in [0.15, 0.2) is 0 Å². The fourth-order valence-corrected chi connectivity index (χ4v) is 8.69. The van der Waals surface area contributed by atoms with Crippen molar-refractivity contribution in [3.63, 3.8) is 0 Å². The van der Waals surface area contributed by atoms with Crippen LogP contribution in [-0.2, 0) is 6.42 Å². The smallest absolute Gasteiger partial charge is 0.0619 e. The van der Waals surface area contributed by atoms with Crippen LogP contribution in [0.2, 0.25) is 0 Å². The third-order valence-corrected chi connectivity index (χ3v) is 11.0. The Morgan fingerprint density at radius 1 is 0.431 bits per heavy atom. The molecule has 9 aromatic carbocycles. The number of aromatic nitrogens is 1. The molecule has 242 valence electrons. The summed E-state index contributed by atoms with van der Waals surface area (Å²) in [6, 6.07) is 63.0. The Morgan fingerprint density at radius 3 is 1.59 bits per heavy atom. The number of aryl methyl sites for hydroxylation is 1. The Bertz CT molecular complexity index is 2870. The van der Waals surface area contributed by atoms with Gasteiger partial charge in [0.25, 0.3) is 0 Å². The van der Waals surface area contributed by atoms with Gasteiger partial charge in [0.05, 0.1) is 11.0 Å². The molecule has 1 heteroatoms. The third kappa shape index (κ3) is 4.62. The van der Waals surface area contributed by atoms with Crippen molar-refractivity contribution in [2.24, 2.45) is 0 Å². The second-order valence-electron chi connectivity index (χ2n) is 13.9. The lowest BCUT2D eigenvalue weighted by Gasteiger charge is -2.18. The molecule has 1 nitrogen and oxygen atoms in total. The Labute approximate surface area is 298 Å². The van der Waals surface area contributed by atoms with Crippen molar-refractivity contribution < 1.29 is 0 Å². The summed E-state index contributed by atoms with van der Waals surface area (Å²) >= 11 is 0. The molecule has 0 fully saturated rings. The molecule has 0 radical (unpaired) electrons. The summed E-state index contributed by atoms with van der Waals surface area (Å²) in [7, 11) is 0. The number of benzene rings is 9. The summed E-state index contributed by atoms with van der Waals surface area (Å²) in [6.07, 6.45) is 3.43. The van der Waals surface area contributed by atoms with Crippen LogP contribution in [0.5, 0.6) is 0 Å². The molecule has 0 amide bonds. The first kappa shape index (κ1) is 29.7. The number of hydrogen-bond acceptors (Lipinski definition) is 0. The summed E-state index contributed by atoms with van der Waals surface area (Å²) in [4.78, 5) is 0. The Kier molecular flexibility index (Phi) is 6.99. The van der Waals surface area contributed by atoms with E-state index < -0.39 is 0 Å². The minimum atomic E-state index is 1.08. The van der Waals surface area contributed by atoms with Crippen LogP contribution in [0.25, 0.3) is 92.8 Å². The zero-order chi connectivity index (χ0) is 33.9. The zero-order valence-corrected chi connectivity index (χ0v) is 28.7. The van der Waals surface area contributed by atoms with E-state index >= 15 is 0 Å². The molecule has 0 saturated carbocycles. The van der Waals surface area contributed by atoms with E-state index in [1.165, 1.54) is 111 Å². The highest BCUT2D eigenvalue weighted by atomic mass is 15.0. The predicted molar refractivity (Wildman–Crippen MR) is 220 cm³/mol. The van der Waals surface area contributed by atoms with E-state index in [9.17, 15) is 0 Å². The van der Waals surface area contributed by atoms with Gasteiger partial charge in [-0.15, -0.1) is 0 Å². The normalized spacial score (nSPS) is 11.9. The standard InChI is InChI=1S/C50H37N/c1-2-3-15-36-32-46-49(40-21-10-9-19-38(36)40)45-31-28-33-16-7-8-20-39(33)50(45)51(46)37-29-26-35(27-30-37)48-43-24-13-11-22-41(43)47(34-17-5-4-6-18-34)42-23-12-14-25-44(42)48/h4-14,16-32H,2-3,15H2,1H3. The lowest BCUT2D eigenvalue weighted by molar-refractivity contribution is 0.799. The van der Waals surface area contributed by atoms with Gasteiger partial charge in [-0.25, -0.2) is 0 Å². The molecule has 0 bridgehead atoms. The van der Waals surface area contributed by atoms with Crippen LogP contribution < -0.4 is 0 Å². The second-order valence-corrected chi connectivity index (χ2v) is 13.9. The van der Waals surface area contributed by atoms with Gasteiger partial charge in [0.1, 0.15) is 0 Å². The number of rotatable bonds is 6. The molecular weight excluding hydrogens is 615 g/mol. The van der Waals surface area contributed by atoms with Crippen LogP contribution in [0.3, 0.4) is 0 Å². The van der Waals surface area contributed by atoms with Crippen LogP contribution in [0.15, 0.2) is 170 Å². The summed E-state index contributed by atoms with van der Waals surface area (Å²) in [5.74, 6) is 0. The van der Waals surface area contributed by atoms with Gasteiger partial charge < -0.3 is 4.57 Å². The first-order valence-corrected chi connectivity index (χ1v) is 18.3. The molecule has 1 heterocycles. The van der Waals surface area contributed by atoms with E-state index in [1.807, 2.05) is 0 Å². The first-order valence-electron chi connectivity index (χ1n) is 18.3. The van der Waals surface area contributed by atoms with Gasteiger partial charge >= 0.3 is 0 Å². The quantitative estimate of drug-likeness (QED) is 0.158. The van der Waals surface area contributed by atoms with Gasteiger partial charge in [0, 0.05) is 21.8 Å². The van der Waals surface area contributed by atoms with Crippen LogP contribution in [0.4, 0.5) is 0 Å². The predicted octanol–water partition coefficient (Wildman–Crippen LogP) is 14.1. The molecule has 0 aliphatic heterocycles. The van der Waals surface area contributed by atoms with Gasteiger partial charge in [-0.05, 0) is 96.6 Å². The van der Waals surface area contributed by atoms with E-state index in [0.717, 1.165) is 6.42 Å². The van der Waals surface area contributed by atoms with Crippen LogP contribution in [0, 0.1) is 0 Å². The van der Waals surface area contributed by atoms with E-state index in [2.05, 4.69) is 181 Å². The first-order chi connectivity index (χ1) is 25.3. The Morgan fingerprint density at radius 2 is 0.961 bits per heavy atom. The second kappa shape index (κ2) is 12.0. The molecule has 0 unspecified atom stereocenters. The van der Waals surface area contributed by atoms with Gasteiger partial charge in [-0.2, -0.15) is 0 Å². The van der Waals surface area contributed by atoms with Crippen LogP contribution in [0.1, 0.15) is 25.3 Å². The maximum absolute atomic E-state index is 2.54. The summed E-state index contributed by atoms with van der Waals surface area (Å²) < 4.78 is 2.54. The summed E-state index contributed by atoms with van der Waals surface area (Å²) in [6.45, 7) is 2.28. The summed E-state index contributed by atoms with van der Waals surface area (Å²) in [5, 5.41) is 13.0. The van der Waals surface area contributed by atoms with Crippen molar-refractivity contribution in [2.45, 2.75) is 26.2 Å². The van der Waals surface area contributed by atoms with Crippen molar-refractivity contribution in [1.29, 1.82) is 0 Å². The third-order valence-electron chi connectivity index (χ3n) is 11.0. The van der Waals surface area contributed by atoms with E-state index in [1.54, 1.807) is 0 Å². The van der Waals surface area contributed by atoms with Crippen molar-refractivity contribution in [1.82, 2.24) is 4.57 Å². The average Bonchev–Trinajstić information content (AvgIpc) is 3.54. The average molecular weight is 652 g/mol. The number of hydrogen-bond donors (Lipinski definition) is 0. The highest BCUT2D eigenvalue weighted by Gasteiger charge is 2.20. The number of fused-ring (bicyclic) bond motifs is 9. The molecule has 10 aromatic rings. The topological polar surface area (TPSA) is 4.93 Å². The minimum absolute atomic E-state index is 1.08. The molecule has 0 N–H and O–H groups in total. The van der Waals surface area contributed by atoms with Crippen molar-refractivity contribution in [2.75, 3.05) is 0 Å². The van der Waals surface area contributed by atoms with Crippen molar-refractivity contribution >= 4 is 64.9 Å². The van der Waals surface area contributed by atoms with Crippen molar-refractivity contribution in [3.05, 3.63) is 175 Å². The van der Waals surface area contributed by atoms with E-state index in [0.29, 0.717) is 0 Å². The van der Waals surface area contributed by atoms with Crippen LogP contribution in [-0.4, -0.2) is 4.57 Å². The molecule has 51 heavy (non-hydrogen) atoms. The fraction of sp³-hybridized carbons (Fsp3) is 0.0800. The molecule has 1 aromatic heterocycles. The van der Waals surface area contributed by atoms with Gasteiger partial charge in [0.2, 0.25) is 0 Å². The Hall–Kier alpha value is -6.18. The maximum atomic E-state index is 2.54. The number of nitrogens with zero attached hydrogens (tertiary/aromatic N) is 1. The Balaban J connectivity index is 1.25. The van der Waals surface area contributed by atoms with E-state index in [-0.39, 0.29) is 0 Å². The molecule has 10 rings (SSSR count). The largest absolute Gasteiger partial charge is 0.309 e. The summed E-state index contributed by atoms with van der Waals surface area (Å²) in [5.41, 5.74) is 10.2. The molecular formula is C50H37N. The van der Waals surface area contributed by atoms with Crippen LogP contribution >= 0.6 is 0 Å². The highest BCUT2D eigenvalue weighted by molar-refractivity contribution is 6.26. The number of unbranched alkanes of at least 4 members (excludes halogenated alkanes) is 1. The van der Waals surface area contributed by atoms with E-state index in [4.69, 9.17) is 0 Å². The zero-order valence-electron chi connectivity index (χ0n) is 28.7. The fourth-order valence-electron chi connectivity index (χ4n) is 8.69.